The molecule has 1 rings (SSSR count). The Hall–Kier alpha value is -0.860. The van der Waals surface area contributed by atoms with Crippen molar-refractivity contribution in [2.24, 2.45) is 10.9 Å². The smallest absolute Gasteiger partial charge is 0.229 e. The molecule has 0 saturated carbocycles. The van der Waals surface area contributed by atoms with Gasteiger partial charge in [0.25, 0.3) is 0 Å². The molecule has 9 heavy (non-hydrogen) atoms. The van der Waals surface area contributed by atoms with Crippen LogP contribution in [0.1, 0.15) is 13.8 Å². The third-order valence-corrected chi connectivity index (χ3v) is 1.30. The van der Waals surface area contributed by atoms with Crippen molar-refractivity contribution >= 4 is 12.1 Å². The van der Waals surface area contributed by atoms with Crippen LogP contribution in [-0.2, 0) is 4.79 Å². The van der Waals surface area contributed by atoms with E-state index in [0.717, 1.165) is 0 Å². The summed E-state index contributed by atoms with van der Waals surface area (Å²) in [5, 5.41) is 2.69. The Labute approximate surface area is 54.2 Å². The minimum Gasteiger partial charge on any atom is -0.334 e. The van der Waals surface area contributed by atoms with Crippen molar-refractivity contribution in [1.29, 1.82) is 0 Å². The van der Waals surface area contributed by atoms with E-state index in [0.29, 0.717) is 0 Å². The molecule has 0 radical (unpaired) electrons. The molecule has 3 heteroatoms. The second-order valence-corrected chi connectivity index (χ2v) is 2.27. The van der Waals surface area contributed by atoms with Crippen molar-refractivity contribution in [2.45, 2.75) is 20.0 Å². The zero-order valence-electron chi connectivity index (χ0n) is 5.59. The number of aliphatic imine (C=N–C) groups is 1. The van der Waals surface area contributed by atoms with E-state index in [4.69, 9.17) is 0 Å². The molecule has 2 unspecified atom stereocenters. The SMILES string of the molecule is CC1N=CC(C)C(=O)N1. The number of rotatable bonds is 0. The summed E-state index contributed by atoms with van der Waals surface area (Å²) in [6.45, 7) is 3.67. The van der Waals surface area contributed by atoms with Crippen LogP contribution in [0.15, 0.2) is 4.99 Å². The van der Waals surface area contributed by atoms with E-state index >= 15 is 0 Å². The molecule has 0 aromatic heterocycles. The first-order chi connectivity index (χ1) is 4.20. The first-order valence-electron chi connectivity index (χ1n) is 3.04. The predicted octanol–water partition coefficient (Wildman–Crippen LogP) is 0.169. The van der Waals surface area contributed by atoms with Crippen LogP contribution in [0.2, 0.25) is 0 Å². The normalized spacial score (nSPS) is 34.2. The van der Waals surface area contributed by atoms with Gasteiger partial charge in [0.15, 0.2) is 0 Å². The van der Waals surface area contributed by atoms with Crippen molar-refractivity contribution < 1.29 is 4.79 Å². The molecule has 0 bridgehead atoms. The summed E-state index contributed by atoms with van der Waals surface area (Å²) < 4.78 is 0. The van der Waals surface area contributed by atoms with Crippen LogP contribution in [0.25, 0.3) is 0 Å². The summed E-state index contributed by atoms with van der Waals surface area (Å²) in [5.41, 5.74) is 0. The van der Waals surface area contributed by atoms with Gasteiger partial charge in [-0.2, -0.15) is 0 Å². The van der Waals surface area contributed by atoms with Gasteiger partial charge in [-0.1, -0.05) is 0 Å². The molecule has 0 saturated heterocycles. The van der Waals surface area contributed by atoms with Crippen LogP contribution in [0.4, 0.5) is 0 Å². The molecular weight excluding hydrogens is 116 g/mol. The van der Waals surface area contributed by atoms with Gasteiger partial charge in [-0.3, -0.25) is 9.79 Å². The zero-order valence-corrected chi connectivity index (χ0v) is 5.59. The average molecular weight is 126 g/mol. The highest BCUT2D eigenvalue weighted by molar-refractivity contribution is 5.94. The number of carbonyl (C=O) groups excluding carboxylic acids is 1. The number of carbonyl (C=O) groups is 1. The predicted molar refractivity (Wildman–Crippen MR) is 35.3 cm³/mol. The molecule has 1 amide bonds. The highest BCUT2D eigenvalue weighted by atomic mass is 16.2. The zero-order chi connectivity index (χ0) is 6.85. The topological polar surface area (TPSA) is 41.5 Å². The van der Waals surface area contributed by atoms with Crippen molar-refractivity contribution in [3.63, 3.8) is 0 Å². The fraction of sp³-hybridized carbons (Fsp3) is 0.667. The van der Waals surface area contributed by atoms with Crippen LogP contribution in [0.3, 0.4) is 0 Å². The maximum absolute atomic E-state index is 10.8. The Kier molecular flexibility index (Phi) is 1.51. The van der Waals surface area contributed by atoms with E-state index in [-0.39, 0.29) is 18.0 Å². The van der Waals surface area contributed by atoms with E-state index in [1.807, 2.05) is 13.8 Å². The number of nitrogens with zero attached hydrogens (tertiary/aromatic N) is 1. The van der Waals surface area contributed by atoms with E-state index in [9.17, 15) is 4.79 Å². The molecule has 2 atom stereocenters. The lowest BCUT2D eigenvalue weighted by Crippen LogP contribution is -2.39. The van der Waals surface area contributed by atoms with Gasteiger partial charge >= 0.3 is 0 Å². The monoisotopic (exact) mass is 126 g/mol. The Balaban J connectivity index is 2.65. The van der Waals surface area contributed by atoms with Crippen molar-refractivity contribution in [3.05, 3.63) is 0 Å². The van der Waals surface area contributed by atoms with Gasteiger partial charge in [0, 0.05) is 6.21 Å². The second-order valence-electron chi connectivity index (χ2n) is 2.27. The Morgan fingerprint density at radius 1 is 1.67 bits per heavy atom. The third-order valence-electron chi connectivity index (χ3n) is 1.30. The average Bonchev–Trinajstić information content (AvgIpc) is 1.80. The quantitative estimate of drug-likeness (QED) is 0.494. The van der Waals surface area contributed by atoms with Gasteiger partial charge in [-0.15, -0.1) is 0 Å². The molecular formula is C6H10N2O. The first-order valence-corrected chi connectivity index (χ1v) is 3.04. The van der Waals surface area contributed by atoms with Gasteiger partial charge in [0.2, 0.25) is 5.91 Å². The molecule has 1 aliphatic heterocycles. The van der Waals surface area contributed by atoms with Crippen molar-refractivity contribution in [2.75, 3.05) is 0 Å². The summed E-state index contributed by atoms with van der Waals surface area (Å²) in [4.78, 5) is 14.8. The lowest BCUT2D eigenvalue weighted by Gasteiger charge is -2.16. The van der Waals surface area contributed by atoms with Crippen LogP contribution < -0.4 is 5.32 Å². The number of hydrogen-bond donors (Lipinski definition) is 1. The molecule has 1 heterocycles. The standard InChI is InChI=1S/C6H10N2O/c1-4-3-7-5(2)8-6(4)9/h3-5H,1-2H3,(H,8,9). The van der Waals surface area contributed by atoms with E-state index in [1.54, 1.807) is 6.21 Å². The van der Waals surface area contributed by atoms with Gasteiger partial charge in [-0.05, 0) is 13.8 Å². The van der Waals surface area contributed by atoms with E-state index in [2.05, 4.69) is 10.3 Å². The first kappa shape index (κ1) is 6.26. The van der Waals surface area contributed by atoms with Crippen LogP contribution in [0.5, 0.6) is 0 Å². The minimum atomic E-state index is -0.0544. The molecule has 3 nitrogen and oxygen atoms in total. The maximum atomic E-state index is 10.8. The summed E-state index contributed by atoms with van der Waals surface area (Å²) in [6.07, 6.45) is 1.65. The maximum Gasteiger partial charge on any atom is 0.229 e. The minimum absolute atomic E-state index is 0.0336. The van der Waals surface area contributed by atoms with Gasteiger partial charge < -0.3 is 5.32 Å². The largest absolute Gasteiger partial charge is 0.334 e. The van der Waals surface area contributed by atoms with Crippen molar-refractivity contribution in [3.8, 4) is 0 Å². The molecule has 0 spiro atoms. The summed E-state index contributed by atoms with van der Waals surface area (Å²) in [7, 11) is 0. The van der Waals surface area contributed by atoms with Gasteiger partial charge in [0.05, 0.1) is 5.92 Å². The van der Waals surface area contributed by atoms with Crippen LogP contribution >= 0.6 is 0 Å². The molecule has 0 aliphatic carbocycles. The fourth-order valence-corrected chi connectivity index (χ4v) is 0.700. The lowest BCUT2D eigenvalue weighted by molar-refractivity contribution is -0.123. The second kappa shape index (κ2) is 2.17. The van der Waals surface area contributed by atoms with E-state index in [1.165, 1.54) is 0 Å². The molecule has 0 aromatic rings. The van der Waals surface area contributed by atoms with Gasteiger partial charge in [0.1, 0.15) is 6.17 Å². The highest BCUT2D eigenvalue weighted by Gasteiger charge is 2.16. The van der Waals surface area contributed by atoms with Crippen LogP contribution in [-0.4, -0.2) is 18.3 Å². The third kappa shape index (κ3) is 1.28. The summed E-state index contributed by atoms with van der Waals surface area (Å²) in [6, 6.07) is 0. The van der Waals surface area contributed by atoms with Crippen molar-refractivity contribution in [1.82, 2.24) is 5.32 Å². The Morgan fingerprint density at radius 2 is 2.33 bits per heavy atom. The highest BCUT2D eigenvalue weighted by Crippen LogP contribution is 1.99. The molecule has 0 fully saturated rings. The molecule has 50 valence electrons. The molecule has 1 aliphatic rings. The Bertz CT molecular complexity index is 153. The fourth-order valence-electron chi connectivity index (χ4n) is 0.700. The molecule has 0 aromatic carbocycles. The summed E-state index contributed by atoms with van der Waals surface area (Å²) in [5.74, 6) is 0.0127. The lowest BCUT2D eigenvalue weighted by atomic mass is 10.1. The summed E-state index contributed by atoms with van der Waals surface area (Å²) >= 11 is 0. The molecule has 1 N–H and O–H groups in total. The number of hydrogen-bond acceptors (Lipinski definition) is 2. The number of nitrogens with one attached hydrogen (secondary N) is 1. The van der Waals surface area contributed by atoms with E-state index < -0.39 is 0 Å². The van der Waals surface area contributed by atoms with Crippen LogP contribution in [0, 0.1) is 5.92 Å². The Morgan fingerprint density at radius 3 is 2.78 bits per heavy atom. The van der Waals surface area contributed by atoms with Gasteiger partial charge in [-0.25, -0.2) is 0 Å². The number of amides is 1.